The number of ether oxygens (including phenoxy) is 2. The summed E-state index contributed by atoms with van der Waals surface area (Å²) in [5.74, 6) is -0.268. The number of aromatic nitrogens is 1. The summed E-state index contributed by atoms with van der Waals surface area (Å²) < 4.78 is 24.4. The number of hydrogen-bond acceptors (Lipinski definition) is 5. The van der Waals surface area contributed by atoms with Gasteiger partial charge < -0.3 is 14.8 Å². The molecule has 0 saturated heterocycles. The van der Waals surface area contributed by atoms with E-state index in [1.165, 1.54) is 25.6 Å². The van der Waals surface area contributed by atoms with Gasteiger partial charge in [-0.3, -0.25) is 0 Å². The summed E-state index contributed by atoms with van der Waals surface area (Å²) in [6, 6.07) is 3.24. The van der Waals surface area contributed by atoms with Crippen molar-refractivity contribution in [2.24, 2.45) is 0 Å². The largest absolute Gasteiger partial charge is 0.494 e. The Labute approximate surface area is 119 Å². The highest BCUT2D eigenvalue weighted by atomic mass is 35.5. The molecule has 4 nitrogen and oxygen atoms in total. The second-order valence-electron chi connectivity index (χ2n) is 3.60. The topological polar surface area (TPSA) is 43.4 Å². The quantitative estimate of drug-likeness (QED) is 0.917. The average Bonchev–Trinajstić information content (AvgIpc) is 2.82. The highest BCUT2D eigenvalue weighted by molar-refractivity contribution is 7.15. The van der Waals surface area contributed by atoms with Crippen LogP contribution in [0.5, 0.6) is 11.5 Å². The molecule has 19 heavy (non-hydrogen) atoms. The molecule has 0 aliphatic heterocycles. The number of nitrogens with zero attached hydrogens (tertiary/aromatic N) is 1. The number of nitrogens with one attached hydrogen (secondary N) is 1. The van der Waals surface area contributed by atoms with Crippen molar-refractivity contribution >= 4 is 28.6 Å². The lowest BCUT2D eigenvalue weighted by molar-refractivity contribution is 0.351. The normalized spacial score (nSPS) is 10.3. The Hall–Kier alpha value is -1.53. The summed E-state index contributed by atoms with van der Waals surface area (Å²) in [5.41, 5.74) is 0.547. The number of benzene rings is 1. The molecule has 0 atom stereocenters. The molecular weight excluding hydrogens is 291 g/mol. The van der Waals surface area contributed by atoms with Crippen molar-refractivity contribution in [3.05, 3.63) is 33.5 Å². The van der Waals surface area contributed by atoms with E-state index < -0.39 is 5.82 Å². The Morgan fingerprint density at radius 3 is 2.74 bits per heavy atom. The molecule has 102 valence electrons. The molecule has 0 fully saturated rings. The minimum atomic E-state index is -0.530. The summed E-state index contributed by atoms with van der Waals surface area (Å²) in [7, 11) is 2.82. The maximum absolute atomic E-state index is 13.9. The SMILES string of the molecule is COc1ccc(NCc2cnc(Cl)s2)c(OC)c1F. The molecular formula is C12H12ClFN2O2S. The average molecular weight is 303 g/mol. The van der Waals surface area contributed by atoms with E-state index in [4.69, 9.17) is 21.1 Å². The standard InChI is InChI=1S/C12H12ClFN2O2S/c1-17-9-4-3-8(11(18-2)10(9)14)15-5-7-6-16-12(13)19-7/h3-4,6,15H,5H2,1-2H3. The first kappa shape index (κ1) is 13.9. The van der Waals surface area contributed by atoms with Gasteiger partial charge in [-0.15, -0.1) is 11.3 Å². The lowest BCUT2D eigenvalue weighted by atomic mass is 10.2. The van der Waals surface area contributed by atoms with Crippen LogP contribution in [0.4, 0.5) is 10.1 Å². The zero-order valence-electron chi connectivity index (χ0n) is 10.4. The minimum Gasteiger partial charge on any atom is -0.494 e. The number of anilines is 1. The first-order valence-electron chi connectivity index (χ1n) is 5.40. The Bertz CT molecular complexity index is 577. The van der Waals surface area contributed by atoms with Crippen LogP contribution in [0, 0.1) is 5.82 Å². The van der Waals surface area contributed by atoms with E-state index in [1.807, 2.05) is 0 Å². The van der Waals surface area contributed by atoms with Gasteiger partial charge in [0.25, 0.3) is 0 Å². The van der Waals surface area contributed by atoms with E-state index in [0.29, 0.717) is 16.7 Å². The molecule has 1 aromatic carbocycles. The molecule has 0 spiro atoms. The summed E-state index contributed by atoms with van der Waals surface area (Å²) >= 11 is 7.11. The van der Waals surface area contributed by atoms with E-state index in [2.05, 4.69) is 10.3 Å². The van der Waals surface area contributed by atoms with E-state index in [0.717, 1.165) is 4.88 Å². The van der Waals surface area contributed by atoms with Crippen molar-refractivity contribution in [1.82, 2.24) is 4.98 Å². The molecule has 0 radical (unpaired) electrons. The van der Waals surface area contributed by atoms with Crippen molar-refractivity contribution in [1.29, 1.82) is 0 Å². The summed E-state index contributed by atoms with van der Waals surface area (Å²) in [5, 5.41) is 3.08. The van der Waals surface area contributed by atoms with Gasteiger partial charge in [-0.2, -0.15) is 4.39 Å². The molecule has 1 N–H and O–H groups in total. The molecule has 7 heteroatoms. The van der Waals surface area contributed by atoms with Gasteiger partial charge in [0.15, 0.2) is 16.0 Å². The lowest BCUT2D eigenvalue weighted by Gasteiger charge is -2.13. The second-order valence-corrected chi connectivity index (χ2v) is 5.29. The lowest BCUT2D eigenvalue weighted by Crippen LogP contribution is -2.02. The van der Waals surface area contributed by atoms with Crippen LogP contribution < -0.4 is 14.8 Å². The number of methoxy groups -OCH3 is 2. The van der Waals surface area contributed by atoms with Gasteiger partial charge in [-0.1, -0.05) is 11.6 Å². The second kappa shape index (κ2) is 6.08. The fraction of sp³-hybridized carbons (Fsp3) is 0.250. The Balaban J connectivity index is 2.18. The van der Waals surface area contributed by atoms with Gasteiger partial charge in [0, 0.05) is 11.1 Å². The first-order chi connectivity index (χ1) is 9.15. The van der Waals surface area contributed by atoms with Crippen LogP contribution in [0.3, 0.4) is 0 Å². The van der Waals surface area contributed by atoms with Crippen LogP contribution in [0.25, 0.3) is 0 Å². The zero-order chi connectivity index (χ0) is 13.8. The van der Waals surface area contributed by atoms with Crippen molar-refractivity contribution < 1.29 is 13.9 Å². The number of thiazole rings is 1. The van der Waals surface area contributed by atoms with E-state index in [1.54, 1.807) is 18.3 Å². The van der Waals surface area contributed by atoms with Crippen LogP contribution in [-0.2, 0) is 6.54 Å². The van der Waals surface area contributed by atoms with Crippen molar-refractivity contribution in [3.63, 3.8) is 0 Å². The number of rotatable bonds is 5. The van der Waals surface area contributed by atoms with Crippen LogP contribution in [-0.4, -0.2) is 19.2 Å². The molecule has 1 aromatic heterocycles. The first-order valence-corrected chi connectivity index (χ1v) is 6.59. The fourth-order valence-corrected chi connectivity index (χ4v) is 2.50. The zero-order valence-corrected chi connectivity index (χ0v) is 11.9. The van der Waals surface area contributed by atoms with Crippen LogP contribution in [0.1, 0.15) is 4.88 Å². The van der Waals surface area contributed by atoms with Crippen LogP contribution >= 0.6 is 22.9 Å². The monoisotopic (exact) mass is 302 g/mol. The predicted octanol–water partition coefficient (Wildman–Crippen LogP) is 3.56. The van der Waals surface area contributed by atoms with E-state index >= 15 is 0 Å². The highest BCUT2D eigenvalue weighted by Gasteiger charge is 2.14. The summed E-state index contributed by atoms with van der Waals surface area (Å²) in [6.45, 7) is 0.493. The Kier molecular flexibility index (Phi) is 4.44. The van der Waals surface area contributed by atoms with Crippen molar-refractivity contribution in [2.75, 3.05) is 19.5 Å². The molecule has 0 aliphatic rings. The van der Waals surface area contributed by atoms with Crippen LogP contribution in [0.15, 0.2) is 18.3 Å². The fourth-order valence-electron chi connectivity index (χ4n) is 1.58. The van der Waals surface area contributed by atoms with Gasteiger partial charge in [0.05, 0.1) is 26.5 Å². The maximum atomic E-state index is 13.9. The smallest absolute Gasteiger partial charge is 0.208 e. The Morgan fingerprint density at radius 2 is 2.16 bits per heavy atom. The summed E-state index contributed by atoms with van der Waals surface area (Å²) in [4.78, 5) is 4.88. The maximum Gasteiger partial charge on any atom is 0.208 e. The summed E-state index contributed by atoms with van der Waals surface area (Å²) in [6.07, 6.45) is 1.67. The molecule has 0 bridgehead atoms. The van der Waals surface area contributed by atoms with Crippen LogP contribution in [0.2, 0.25) is 4.47 Å². The highest BCUT2D eigenvalue weighted by Crippen LogP contribution is 2.34. The van der Waals surface area contributed by atoms with Crippen molar-refractivity contribution in [3.8, 4) is 11.5 Å². The molecule has 2 aromatic rings. The molecule has 0 aliphatic carbocycles. The Morgan fingerprint density at radius 1 is 1.37 bits per heavy atom. The van der Waals surface area contributed by atoms with Gasteiger partial charge >= 0.3 is 0 Å². The third-order valence-electron chi connectivity index (χ3n) is 2.46. The van der Waals surface area contributed by atoms with E-state index in [-0.39, 0.29) is 11.5 Å². The third-order valence-corrected chi connectivity index (χ3v) is 3.58. The van der Waals surface area contributed by atoms with Crippen molar-refractivity contribution in [2.45, 2.75) is 6.54 Å². The predicted molar refractivity (Wildman–Crippen MR) is 74.0 cm³/mol. The van der Waals surface area contributed by atoms with Gasteiger partial charge in [0.2, 0.25) is 5.82 Å². The molecule has 0 saturated carbocycles. The number of halogens is 2. The molecule has 0 unspecified atom stereocenters. The minimum absolute atomic E-state index is 0.120. The third kappa shape index (κ3) is 3.08. The van der Waals surface area contributed by atoms with Gasteiger partial charge in [0.1, 0.15) is 0 Å². The molecule has 0 amide bonds. The molecule has 2 rings (SSSR count). The van der Waals surface area contributed by atoms with Gasteiger partial charge in [-0.25, -0.2) is 4.98 Å². The van der Waals surface area contributed by atoms with E-state index in [9.17, 15) is 4.39 Å². The van der Waals surface area contributed by atoms with Gasteiger partial charge in [-0.05, 0) is 12.1 Å². The number of hydrogen-bond donors (Lipinski definition) is 1. The molecule has 1 heterocycles.